The van der Waals surface area contributed by atoms with Gasteiger partial charge in [0.2, 0.25) is 0 Å². The van der Waals surface area contributed by atoms with Gasteiger partial charge in [0.1, 0.15) is 0 Å². The maximum atomic E-state index is 11.5. The summed E-state index contributed by atoms with van der Waals surface area (Å²) in [4.78, 5) is 0. The van der Waals surface area contributed by atoms with E-state index in [4.69, 9.17) is 10.8 Å². The quantitative estimate of drug-likeness (QED) is 0.578. The van der Waals surface area contributed by atoms with Crippen molar-refractivity contribution in [3.8, 4) is 0 Å². The van der Waals surface area contributed by atoms with Gasteiger partial charge in [0.05, 0.1) is 11.5 Å². The topological polar surface area (TPSA) is 80.4 Å². The molecule has 92 valence electrons. The second-order valence-corrected chi connectivity index (χ2v) is 6.15. The monoisotopic (exact) mass is 237 g/mol. The van der Waals surface area contributed by atoms with Crippen LogP contribution in [0, 0.1) is 0 Å². The van der Waals surface area contributed by atoms with Crippen molar-refractivity contribution < 1.29 is 13.5 Å². The molecule has 5 heteroatoms. The van der Waals surface area contributed by atoms with Crippen LogP contribution in [0.5, 0.6) is 0 Å². The average Bonchev–Trinajstić information content (AvgIpc) is 2.16. The van der Waals surface area contributed by atoms with Crippen molar-refractivity contribution in [2.45, 2.75) is 45.1 Å². The van der Waals surface area contributed by atoms with Crippen molar-refractivity contribution >= 4 is 9.84 Å². The summed E-state index contributed by atoms with van der Waals surface area (Å²) in [5.41, 5.74) is 5.60. The van der Waals surface area contributed by atoms with Crippen LogP contribution in [0.4, 0.5) is 0 Å². The van der Waals surface area contributed by atoms with E-state index in [0.717, 1.165) is 19.3 Å². The predicted molar refractivity (Wildman–Crippen MR) is 62.5 cm³/mol. The van der Waals surface area contributed by atoms with Gasteiger partial charge >= 0.3 is 0 Å². The maximum Gasteiger partial charge on any atom is 0.151 e. The molecule has 15 heavy (non-hydrogen) atoms. The SMILES string of the molecule is CCC(N)CS(=O)(=O)CCCCCCO. The second-order valence-electron chi connectivity index (χ2n) is 3.92. The summed E-state index contributed by atoms with van der Waals surface area (Å²) >= 11 is 0. The first-order chi connectivity index (χ1) is 7.02. The van der Waals surface area contributed by atoms with Crippen LogP contribution in [-0.2, 0) is 9.84 Å². The fraction of sp³-hybridized carbons (Fsp3) is 1.00. The van der Waals surface area contributed by atoms with Gasteiger partial charge in [0.25, 0.3) is 0 Å². The molecule has 0 heterocycles. The minimum absolute atomic E-state index is 0.101. The fourth-order valence-corrected chi connectivity index (χ4v) is 3.01. The summed E-state index contributed by atoms with van der Waals surface area (Å²) in [5.74, 6) is 0.329. The number of aliphatic hydroxyl groups is 1. The van der Waals surface area contributed by atoms with Crippen LogP contribution in [0.1, 0.15) is 39.0 Å². The Labute approximate surface area is 92.8 Å². The molecule has 0 aliphatic carbocycles. The largest absolute Gasteiger partial charge is 0.396 e. The van der Waals surface area contributed by atoms with Crippen molar-refractivity contribution in [2.75, 3.05) is 18.1 Å². The van der Waals surface area contributed by atoms with E-state index in [1.54, 1.807) is 0 Å². The number of hydrogen-bond acceptors (Lipinski definition) is 4. The zero-order chi connectivity index (χ0) is 11.7. The fourth-order valence-electron chi connectivity index (χ4n) is 1.31. The van der Waals surface area contributed by atoms with Crippen molar-refractivity contribution in [1.82, 2.24) is 0 Å². The van der Waals surface area contributed by atoms with Gasteiger partial charge in [-0.3, -0.25) is 0 Å². The lowest BCUT2D eigenvalue weighted by Crippen LogP contribution is -2.30. The zero-order valence-corrected chi connectivity index (χ0v) is 10.3. The molecule has 0 aromatic carbocycles. The minimum Gasteiger partial charge on any atom is -0.396 e. The molecule has 3 N–H and O–H groups in total. The summed E-state index contributed by atoms with van der Waals surface area (Å²) < 4.78 is 23.0. The Kier molecular flexibility index (Phi) is 8.00. The molecule has 0 saturated heterocycles. The van der Waals surface area contributed by atoms with E-state index < -0.39 is 9.84 Å². The Morgan fingerprint density at radius 1 is 1.20 bits per heavy atom. The third-order valence-electron chi connectivity index (χ3n) is 2.36. The minimum atomic E-state index is -2.97. The van der Waals surface area contributed by atoms with Crippen LogP contribution in [-0.4, -0.2) is 37.7 Å². The first-order valence-corrected chi connectivity index (χ1v) is 7.41. The maximum absolute atomic E-state index is 11.5. The van der Waals surface area contributed by atoms with Crippen LogP contribution in [0.25, 0.3) is 0 Å². The molecule has 4 nitrogen and oxygen atoms in total. The molecule has 0 aromatic heterocycles. The molecule has 1 unspecified atom stereocenters. The first-order valence-electron chi connectivity index (χ1n) is 5.58. The van der Waals surface area contributed by atoms with E-state index in [0.29, 0.717) is 12.8 Å². The van der Waals surface area contributed by atoms with Gasteiger partial charge in [-0.25, -0.2) is 8.42 Å². The van der Waals surface area contributed by atoms with E-state index in [-0.39, 0.29) is 24.2 Å². The molecule has 0 amide bonds. The highest BCUT2D eigenvalue weighted by Gasteiger charge is 2.14. The Hall–Kier alpha value is -0.130. The van der Waals surface area contributed by atoms with Crippen molar-refractivity contribution in [3.05, 3.63) is 0 Å². The number of hydrogen-bond donors (Lipinski definition) is 2. The van der Waals surface area contributed by atoms with E-state index in [1.165, 1.54) is 0 Å². The van der Waals surface area contributed by atoms with E-state index in [2.05, 4.69) is 0 Å². The Balaban J connectivity index is 3.65. The van der Waals surface area contributed by atoms with Crippen LogP contribution in [0.3, 0.4) is 0 Å². The number of aliphatic hydroxyl groups excluding tert-OH is 1. The number of unbranched alkanes of at least 4 members (excludes halogenated alkanes) is 3. The van der Waals surface area contributed by atoms with Crippen molar-refractivity contribution in [1.29, 1.82) is 0 Å². The molecular weight excluding hydrogens is 214 g/mol. The summed E-state index contributed by atoms with van der Waals surface area (Å²) in [6, 6.07) is -0.229. The molecule has 0 aromatic rings. The molecule has 0 rings (SSSR count). The summed E-state index contributed by atoms with van der Waals surface area (Å²) in [7, 11) is -2.97. The molecular formula is C10H23NO3S. The normalized spacial score (nSPS) is 14.1. The molecule has 0 aliphatic rings. The lowest BCUT2D eigenvalue weighted by molar-refractivity contribution is 0.283. The average molecular weight is 237 g/mol. The molecule has 0 radical (unpaired) electrons. The molecule has 1 atom stereocenters. The molecule has 0 fully saturated rings. The van der Waals surface area contributed by atoms with Crippen LogP contribution >= 0.6 is 0 Å². The Bertz CT molecular complexity index is 239. The number of sulfone groups is 1. The van der Waals surface area contributed by atoms with E-state index >= 15 is 0 Å². The molecule has 0 bridgehead atoms. The third-order valence-corrected chi connectivity index (χ3v) is 4.20. The van der Waals surface area contributed by atoms with Crippen molar-refractivity contribution in [3.63, 3.8) is 0 Å². The van der Waals surface area contributed by atoms with E-state index in [1.807, 2.05) is 6.92 Å². The first kappa shape index (κ1) is 14.9. The smallest absolute Gasteiger partial charge is 0.151 e. The van der Waals surface area contributed by atoms with Gasteiger partial charge in [-0.05, 0) is 19.3 Å². The third kappa shape index (κ3) is 8.84. The summed E-state index contributed by atoms with van der Waals surface area (Å²) in [5, 5.41) is 8.54. The standard InChI is InChI=1S/C10H23NO3S/c1-2-10(11)9-15(13,14)8-6-4-3-5-7-12/h10,12H,2-9,11H2,1H3. The molecule has 0 spiro atoms. The van der Waals surface area contributed by atoms with Crippen LogP contribution < -0.4 is 5.73 Å². The Morgan fingerprint density at radius 2 is 1.80 bits per heavy atom. The van der Waals surface area contributed by atoms with Gasteiger partial charge in [0, 0.05) is 12.6 Å². The summed E-state index contributed by atoms with van der Waals surface area (Å²) in [6.45, 7) is 2.08. The lowest BCUT2D eigenvalue weighted by Gasteiger charge is -2.09. The second kappa shape index (κ2) is 8.07. The predicted octanol–water partition coefficient (Wildman–Crippen LogP) is 0.691. The Morgan fingerprint density at radius 3 is 2.33 bits per heavy atom. The van der Waals surface area contributed by atoms with Crippen LogP contribution in [0.15, 0.2) is 0 Å². The zero-order valence-electron chi connectivity index (χ0n) is 9.48. The van der Waals surface area contributed by atoms with Gasteiger partial charge < -0.3 is 10.8 Å². The lowest BCUT2D eigenvalue weighted by atomic mass is 10.2. The molecule has 0 aliphatic heterocycles. The highest BCUT2D eigenvalue weighted by atomic mass is 32.2. The van der Waals surface area contributed by atoms with Gasteiger partial charge in [-0.2, -0.15) is 0 Å². The van der Waals surface area contributed by atoms with Gasteiger partial charge in [-0.15, -0.1) is 0 Å². The highest BCUT2D eigenvalue weighted by molar-refractivity contribution is 7.91. The van der Waals surface area contributed by atoms with Crippen LogP contribution in [0.2, 0.25) is 0 Å². The number of nitrogens with two attached hydrogens (primary N) is 1. The summed E-state index contributed by atoms with van der Waals surface area (Å²) in [6.07, 6.45) is 3.89. The molecule has 0 saturated carbocycles. The highest BCUT2D eigenvalue weighted by Crippen LogP contribution is 2.04. The van der Waals surface area contributed by atoms with Gasteiger partial charge in [-0.1, -0.05) is 19.8 Å². The van der Waals surface area contributed by atoms with E-state index in [9.17, 15) is 8.42 Å². The van der Waals surface area contributed by atoms with Gasteiger partial charge in [0.15, 0.2) is 9.84 Å². The van der Waals surface area contributed by atoms with Crippen molar-refractivity contribution in [2.24, 2.45) is 5.73 Å². The number of rotatable bonds is 9.